The first-order valence-corrected chi connectivity index (χ1v) is 5.31. The minimum atomic E-state index is 0.668. The molecule has 0 radical (unpaired) electrons. The van der Waals surface area contributed by atoms with E-state index < -0.39 is 0 Å². The van der Waals surface area contributed by atoms with Crippen molar-refractivity contribution >= 4 is 22.6 Å². The first-order chi connectivity index (χ1) is 6.74. The third-order valence-corrected chi connectivity index (χ3v) is 3.20. The molecule has 1 fully saturated rings. The maximum Gasteiger partial charge on any atom is 0.134 e. The van der Waals surface area contributed by atoms with Crippen molar-refractivity contribution in [1.82, 2.24) is 0 Å². The number of furan rings is 1. The highest BCUT2D eigenvalue weighted by atomic mass is 35.5. The predicted molar refractivity (Wildman–Crippen MR) is 57.9 cm³/mol. The van der Waals surface area contributed by atoms with Crippen LogP contribution in [0.4, 0.5) is 0 Å². The standard InChI is InChI=1S/C12H11ClO/c1-7-4-11-9(5-10(7)13)6-12(14-11)8-2-3-8/h4-6,8H,2-3H2,1H3. The van der Waals surface area contributed by atoms with Crippen LogP contribution < -0.4 is 0 Å². The van der Waals surface area contributed by atoms with E-state index in [0.29, 0.717) is 5.92 Å². The van der Waals surface area contributed by atoms with Crippen LogP contribution in [0, 0.1) is 6.92 Å². The summed E-state index contributed by atoms with van der Waals surface area (Å²) in [6, 6.07) is 6.13. The third kappa shape index (κ3) is 1.24. The summed E-state index contributed by atoms with van der Waals surface area (Å²) in [7, 11) is 0. The van der Waals surface area contributed by atoms with Gasteiger partial charge in [0.25, 0.3) is 0 Å². The third-order valence-electron chi connectivity index (χ3n) is 2.80. The van der Waals surface area contributed by atoms with E-state index in [4.69, 9.17) is 16.0 Å². The van der Waals surface area contributed by atoms with Gasteiger partial charge in [0.15, 0.2) is 0 Å². The Morgan fingerprint density at radius 3 is 2.79 bits per heavy atom. The van der Waals surface area contributed by atoms with Gasteiger partial charge < -0.3 is 4.42 Å². The molecular formula is C12H11ClO. The molecule has 1 heterocycles. The number of benzene rings is 1. The lowest BCUT2D eigenvalue weighted by atomic mass is 10.2. The fraction of sp³-hybridized carbons (Fsp3) is 0.333. The molecule has 2 aromatic rings. The van der Waals surface area contributed by atoms with Crippen molar-refractivity contribution in [3.05, 3.63) is 34.5 Å². The second-order valence-electron chi connectivity index (χ2n) is 4.06. The summed E-state index contributed by atoms with van der Waals surface area (Å²) in [5.74, 6) is 1.79. The second kappa shape index (κ2) is 2.77. The molecule has 0 saturated heterocycles. The molecule has 72 valence electrons. The summed E-state index contributed by atoms with van der Waals surface area (Å²) in [5.41, 5.74) is 2.05. The van der Waals surface area contributed by atoms with Crippen LogP contribution >= 0.6 is 11.6 Å². The molecule has 14 heavy (non-hydrogen) atoms. The lowest BCUT2D eigenvalue weighted by molar-refractivity contribution is 0.552. The van der Waals surface area contributed by atoms with Gasteiger partial charge in [0.2, 0.25) is 0 Å². The van der Waals surface area contributed by atoms with Crippen LogP contribution in [0.15, 0.2) is 22.6 Å². The average Bonchev–Trinajstić information content (AvgIpc) is 2.90. The van der Waals surface area contributed by atoms with Gasteiger partial charge in [-0.1, -0.05) is 11.6 Å². The quantitative estimate of drug-likeness (QED) is 0.679. The molecule has 1 saturated carbocycles. The van der Waals surface area contributed by atoms with E-state index >= 15 is 0 Å². The summed E-state index contributed by atoms with van der Waals surface area (Å²) in [4.78, 5) is 0. The maximum absolute atomic E-state index is 6.05. The topological polar surface area (TPSA) is 13.1 Å². The van der Waals surface area contributed by atoms with Gasteiger partial charge >= 0.3 is 0 Å². The second-order valence-corrected chi connectivity index (χ2v) is 4.47. The molecule has 1 aromatic carbocycles. The SMILES string of the molecule is Cc1cc2oc(C3CC3)cc2cc1Cl. The van der Waals surface area contributed by atoms with Crippen molar-refractivity contribution in [2.45, 2.75) is 25.7 Å². The molecule has 3 rings (SSSR count). The number of aryl methyl sites for hydroxylation is 1. The minimum absolute atomic E-state index is 0.668. The Labute approximate surface area is 87.7 Å². The van der Waals surface area contributed by atoms with Crippen molar-refractivity contribution in [3.63, 3.8) is 0 Å². The van der Waals surface area contributed by atoms with E-state index in [0.717, 1.165) is 27.3 Å². The summed E-state index contributed by atoms with van der Waals surface area (Å²) in [6.07, 6.45) is 2.54. The zero-order valence-electron chi connectivity index (χ0n) is 8.01. The van der Waals surface area contributed by atoms with Crippen LogP contribution in [-0.4, -0.2) is 0 Å². The lowest BCUT2D eigenvalue weighted by Crippen LogP contribution is -1.72. The van der Waals surface area contributed by atoms with Crippen molar-refractivity contribution < 1.29 is 4.42 Å². The monoisotopic (exact) mass is 206 g/mol. The normalized spacial score (nSPS) is 16.4. The van der Waals surface area contributed by atoms with Gasteiger partial charge in [-0.3, -0.25) is 0 Å². The smallest absolute Gasteiger partial charge is 0.134 e. The van der Waals surface area contributed by atoms with Gasteiger partial charge in [-0.05, 0) is 43.5 Å². The van der Waals surface area contributed by atoms with Crippen LogP contribution in [-0.2, 0) is 0 Å². The van der Waals surface area contributed by atoms with Crippen LogP contribution in [0.2, 0.25) is 5.02 Å². The van der Waals surface area contributed by atoms with Gasteiger partial charge in [0.05, 0.1) is 0 Å². The van der Waals surface area contributed by atoms with Crippen molar-refractivity contribution in [2.24, 2.45) is 0 Å². The highest BCUT2D eigenvalue weighted by Gasteiger charge is 2.27. The highest BCUT2D eigenvalue weighted by Crippen LogP contribution is 2.42. The van der Waals surface area contributed by atoms with Crippen molar-refractivity contribution in [3.8, 4) is 0 Å². The molecule has 1 nitrogen and oxygen atoms in total. The molecule has 0 aliphatic heterocycles. The molecule has 0 unspecified atom stereocenters. The largest absolute Gasteiger partial charge is 0.461 e. The maximum atomic E-state index is 6.05. The average molecular weight is 207 g/mol. The fourth-order valence-electron chi connectivity index (χ4n) is 1.75. The number of fused-ring (bicyclic) bond motifs is 1. The van der Waals surface area contributed by atoms with Crippen LogP contribution in [0.5, 0.6) is 0 Å². The predicted octanol–water partition coefficient (Wildman–Crippen LogP) is 4.27. The molecule has 1 aromatic heterocycles. The van der Waals surface area contributed by atoms with E-state index in [1.807, 2.05) is 19.1 Å². The van der Waals surface area contributed by atoms with E-state index in [9.17, 15) is 0 Å². The Bertz CT molecular complexity index is 455. The summed E-state index contributed by atoms with van der Waals surface area (Å²) < 4.78 is 5.77. The Morgan fingerprint density at radius 1 is 1.29 bits per heavy atom. The zero-order valence-corrected chi connectivity index (χ0v) is 8.77. The van der Waals surface area contributed by atoms with Gasteiger partial charge in [-0.15, -0.1) is 0 Å². The highest BCUT2D eigenvalue weighted by molar-refractivity contribution is 6.32. The van der Waals surface area contributed by atoms with Crippen LogP contribution in [0.1, 0.15) is 30.1 Å². The Morgan fingerprint density at radius 2 is 2.07 bits per heavy atom. The molecule has 0 spiro atoms. The number of halogens is 1. The van der Waals surface area contributed by atoms with Crippen LogP contribution in [0.3, 0.4) is 0 Å². The molecule has 2 heteroatoms. The minimum Gasteiger partial charge on any atom is -0.461 e. The Hall–Kier alpha value is -0.950. The number of rotatable bonds is 1. The molecule has 0 amide bonds. The molecule has 0 N–H and O–H groups in total. The van der Waals surface area contributed by atoms with E-state index in [-0.39, 0.29) is 0 Å². The van der Waals surface area contributed by atoms with Gasteiger partial charge in [-0.2, -0.15) is 0 Å². The zero-order chi connectivity index (χ0) is 9.71. The van der Waals surface area contributed by atoms with Gasteiger partial charge in [-0.25, -0.2) is 0 Å². The Balaban J connectivity index is 2.22. The van der Waals surface area contributed by atoms with Gasteiger partial charge in [0, 0.05) is 16.3 Å². The molecular weight excluding hydrogens is 196 g/mol. The van der Waals surface area contributed by atoms with Crippen molar-refractivity contribution in [2.75, 3.05) is 0 Å². The molecule has 0 bridgehead atoms. The number of hydrogen-bond acceptors (Lipinski definition) is 1. The first kappa shape index (κ1) is 8.37. The number of hydrogen-bond donors (Lipinski definition) is 0. The summed E-state index contributed by atoms with van der Waals surface area (Å²) in [5, 5.41) is 1.95. The lowest BCUT2D eigenvalue weighted by Gasteiger charge is -1.95. The molecule has 1 aliphatic rings. The van der Waals surface area contributed by atoms with E-state index in [1.165, 1.54) is 12.8 Å². The van der Waals surface area contributed by atoms with E-state index in [1.54, 1.807) is 0 Å². The van der Waals surface area contributed by atoms with E-state index in [2.05, 4.69) is 6.07 Å². The molecule has 0 atom stereocenters. The van der Waals surface area contributed by atoms with Crippen molar-refractivity contribution in [1.29, 1.82) is 0 Å². The Kier molecular flexibility index (Phi) is 1.65. The van der Waals surface area contributed by atoms with Crippen LogP contribution in [0.25, 0.3) is 11.0 Å². The summed E-state index contributed by atoms with van der Waals surface area (Å²) >= 11 is 6.05. The summed E-state index contributed by atoms with van der Waals surface area (Å²) in [6.45, 7) is 2.00. The first-order valence-electron chi connectivity index (χ1n) is 4.93. The fourth-order valence-corrected chi connectivity index (χ4v) is 1.92. The molecule has 1 aliphatic carbocycles. The van der Waals surface area contributed by atoms with Gasteiger partial charge in [0.1, 0.15) is 11.3 Å².